The first-order valence-corrected chi connectivity index (χ1v) is 7.62. The molecule has 0 unspecified atom stereocenters. The van der Waals surface area contributed by atoms with Crippen LogP contribution in [0.5, 0.6) is 0 Å². The molecule has 0 bridgehead atoms. The van der Waals surface area contributed by atoms with Crippen LogP contribution in [0.4, 0.5) is 0 Å². The summed E-state index contributed by atoms with van der Waals surface area (Å²) in [5.41, 5.74) is 1.75. The molecule has 0 spiro atoms. The molecule has 0 aliphatic heterocycles. The average molecular weight is 326 g/mol. The Morgan fingerprint density at radius 2 is 1.45 bits per heavy atom. The third-order valence-corrected chi connectivity index (χ3v) is 3.51. The third-order valence-electron chi connectivity index (χ3n) is 2.64. The van der Waals surface area contributed by atoms with Crippen LogP contribution in [-0.2, 0) is 19.8 Å². The number of aryl methyl sites for hydroxylation is 1. The number of benzene rings is 2. The summed E-state index contributed by atoms with van der Waals surface area (Å²) in [6.07, 6.45) is -0.684. The molecule has 0 aliphatic rings. The fraction of sp³-hybridized carbons (Fsp3) is 0.143. The van der Waals surface area contributed by atoms with Gasteiger partial charge >= 0.3 is 0 Å². The van der Waals surface area contributed by atoms with Crippen LogP contribution in [0.3, 0.4) is 0 Å². The fourth-order valence-electron chi connectivity index (χ4n) is 1.51. The third kappa shape index (κ3) is 5.90. The van der Waals surface area contributed by atoms with Crippen molar-refractivity contribution in [1.82, 2.24) is 0 Å². The highest BCUT2D eigenvalue weighted by Gasteiger charge is 2.08. The molecular weight excluding hydrogens is 308 g/mol. The van der Waals surface area contributed by atoms with Crippen LogP contribution in [0.25, 0.3) is 0 Å². The van der Waals surface area contributed by atoms with Crippen molar-refractivity contribution in [3.05, 3.63) is 65.7 Å². The van der Waals surface area contributed by atoms with E-state index in [2.05, 4.69) is 9.68 Å². The van der Waals surface area contributed by atoms with Crippen molar-refractivity contribution in [1.29, 1.82) is 0 Å². The molecule has 7 nitrogen and oxygen atoms in total. The molecule has 120 valence electrons. The maximum atomic E-state index is 10.5. The second-order valence-electron chi connectivity index (χ2n) is 4.30. The molecule has 2 rings (SSSR count). The lowest BCUT2D eigenvalue weighted by Gasteiger charge is -2.10. The van der Waals surface area contributed by atoms with Gasteiger partial charge in [0.1, 0.15) is 0 Å². The van der Waals surface area contributed by atoms with Crippen molar-refractivity contribution in [2.24, 2.45) is 11.8 Å². The molecule has 0 fully saturated rings. The summed E-state index contributed by atoms with van der Waals surface area (Å²) in [4.78, 5) is 8.81. The van der Waals surface area contributed by atoms with Crippen LogP contribution in [0.15, 0.2) is 59.5 Å². The van der Waals surface area contributed by atoms with E-state index in [1.54, 1.807) is 12.1 Å². The minimum atomic E-state index is -4.02. The zero-order chi connectivity index (χ0) is 16.6. The highest BCUT2D eigenvalue weighted by atomic mass is 32.2. The second kappa shape index (κ2) is 8.59. The number of rotatable bonds is 4. The Balaban J connectivity index is 0.000000220. The van der Waals surface area contributed by atoms with E-state index in [1.807, 2.05) is 37.3 Å². The molecule has 5 N–H and O–H groups in total. The Hall–Kier alpha value is -1.81. The minimum absolute atomic E-state index is 0.0666. The Labute approximate surface area is 129 Å². The Kier molecular flexibility index (Phi) is 7.12. The molecule has 8 heteroatoms. The number of nitrogens with two attached hydrogens (primary N) is 2. The number of hydrogen-bond acceptors (Lipinski definition) is 6. The topological polar surface area (TPSA) is 125 Å². The van der Waals surface area contributed by atoms with Gasteiger partial charge in [0.15, 0.2) is 0 Å². The van der Waals surface area contributed by atoms with E-state index in [9.17, 15) is 8.42 Å². The van der Waals surface area contributed by atoms with Gasteiger partial charge in [-0.2, -0.15) is 8.42 Å². The first-order valence-electron chi connectivity index (χ1n) is 6.18. The normalized spacial score (nSPS) is 11.0. The van der Waals surface area contributed by atoms with E-state index in [4.69, 9.17) is 16.3 Å². The van der Waals surface area contributed by atoms with Crippen LogP contribution < -0.4 is 11.8 Å². The van der Waals surface area contributed by atoms with Gasteiger partial charge in [-0.15, -0.1) is 0 Å². The van der Waals surface area contributed by atoms with Gasteiger partial charge < -0.3 is 0 Å². The van der Waals surface area contributed by atoms with Gasteiger partial charge in [0.2, 0.25) is 6.29 Å². The molecule has 0 amide bonds. The fourth-order valence-corrected chi connectivity index (χ4v) is 1.99. The van der Waals surface area contributed by atoms with Gasteiger partial charge in [-0.1, -0.05) is 48.0 Å². The van der Waals surface area contributed by atoms with Crippen LogP contribution in [0.2, 0.25) is 0 Å². The molecule has 2 aromatic rings. The molecule has 0 radical (unpaired) electrons. The molecular formula is C14H18N2O5S. The SMILES string of the molecule is Cc1ccc(S(=O)(=O)O)cc1.NOC(ON)c1ccccc1. The number of hydrogen-bond donors (Lipinski definition) is 3. The predicted octanol–water partition coefficient (Wildman–Crippen LogP) is 1.71. The molecule has 0 saturated carbocycles. The first-order chi connectivity index (χ1) is 10.4. The summed E-state index contributed by atoms with van der Waals surface area (Å²) in [6.45, 7) is 1.84. The average Bonchev–Trinajstić information content (AvgIpc) is 2.50. The van der Waals surface area contributed by atoms with Gasteiger partial charge in [0, 0.05) is 5.56 Å². The van der Waals surface area contributed by atoms with E-state index < -0.39 is 16.4 Å². The van der Waals surface area contributed by atoms with E-state index >= 15 is 0 Å². The van der Waals surface area contributed by atoms with Crippen LogP contribution >= 0.6 is 0 Å². The molecule has 0 saturated heterocycles. The first kappa shape index (κ1) is 18.2. The smallest absolute Gasteiger partial charge is 0.282 e. The Morgan fingerprint density at radius 1 is 0.955 bits per heavy atom. The van der Waals surface area contributed by atoms with E-state index in [-0.39, 0.29) is 4.90 Å². The maximum Gasteiger partial charge on any atom is 0.294 e. The standard InChI is InChI=1S/C7H10N2O2.C7H8O3S/c8-10-7(11-9)6-4-2-1-3-5-6;1-6-2-4-7(5-3-6)11(8,9)10/h1-5,7H,8-9H2;2-5H,1H3,(H,8,9,10). The van der Waals surface area contributed by atoms with Crippen molar-refractivity contribution in [3.63, 3.8) is 0 Å². The Bertz CT molecular complexity index is 655. The van der Waals surface area contributed by atoms with Crippen molar-refractivity contribution < 1.29 is 22.6 Å². The van der Waals surface area contributed by atoms with Gasteiger partial charge in [0.25, 0.3) is 10.1 Å². The monoisotopic (exact) mass is 326 g/mol. The molecule has 2 aromatic carbocycles. The lowest BCUT2D eigenvalue weighted by Crippen LogP contribution is -2.16. The van der Waals surface area contributed by atoms with Crippen LogP contribution in [0, 0.1) is 6.92 Å². The molecule has 0 aromatic heterocycles. The summed E-state index contributed by atoms with van der Waals surface area (Å²) in [7, 11) is -4.02. The van der Waals surface area contributed by atoms with E-state index in [0.29, 0.717) is 0 Å². The minimum Gasteiger partial charge on any atom is -0.282 e. The van der Waals surface area contributed by atoms with Crippen molar-refractivity contribution >= 4 is 10.1 Å². The highest BCUT2D eigenvalue weighted by Crippen LogP contribution is 2.13. The maximum absolute atomic E-state index is 10.5. The predicted molar refractivity (Wildman–Crippen MR) is 80.7 cm³/mol. The zero-order valence-electron chi connectivity index (χ0n) is 11.9. The lowest BCUT2D eigenvalue weighted by atomic mass is 10.2. The van der Waals surface area contributed by atoms with Crippen molar-refractivity contribution in [2.75, 3.05) is 0 Å². The summed E-state index contributed by atoms with van der Waals surface area (Å²) >= 11 is 0. The largest absolute Gasteiger partial charge is 0.294 e. The van der Waals surface area contributed by atoms with Gasteiger partial charge in [-0.25, -0.2) is 11.8 Å². The summed E-state index contributed by atoms with van der Waals surface area (Å²) < 4.78 is 29.6. The quantitative estimate of drug-likeness (QED) is 0.443. The zero-order valence-corrected chi connectivity index (χ0v) is 12.7. The lowest BCUT2D eigenvalue weighted by molar-refractivity contribution is -0.152. The highest BCUT2D eigenvalue weighted by molar-refractivity contribution is 7.85. The van der Waals surface area contributed by atoms with Crippen LogP contribution in [-0.4, -0.2) is 13.0 Å². The van der Waals surface area contributed by atoms with Gasteiger partial charge in [-0.05, 0) is 19.1 Å². The molecule has 0 aliphatic carbocycles. The molecule has 0 heterocycles. The van der Waals surface area contributed by atoms with Crippen molar-refractivity contribution in [2.45, 2.75) is 18.1 Å². The van der Waals surface area contributed by atoms with Crippen LogP contribution in [0.1, 0.15) is 17.4 Å². The molecule has 0 atom stereocenters. The summed E-state index contributed by atoms with van der Waals surface area (Å²) in [5, 5.41) is 0. The van der Waals surface area contributed by atoms with Crippen molar-refractivity contribution in [3.8, 4) is 0 Å². The van der Waals surface area contributed by atoms with Gasteiger partial charge in [0.05, 0.1) is 4.90 Å². The van der Waals surface area contributed by atoms with E-state index in [1.165, 1.54) is 12.1 Å². The second-order valence-corrected chi connectivity index (χ2v) is 5.72. The van der Waals surface area contributed by atoms with E-state index in [0.717, 1.165) is 11.1 Å². The Morgan fingerprint density at radius 3 is 1.86 bits per heavy atom. The van der Waals surface area contributed by atoms with Gasteiger partial charge in [-0.3, -0.25) is 14.2 Å². The summed E-state index contributed by atoms with van der Waals surface area (Å²) in [6, 6.07) is 15.2. The molecule has 22 heavy (non-hydrogen) atoms. The summed E-state index contributed by atoms with van der Waals surface area (Å²) in [5.74, 6) is 9.82.